The Labute approximate surface area is 110 Å². The normalized spacial score (nSPS) is 10.1. The van der Waals surface area contributed by atoms with Gasteiger partial charge in [0.15, 0.2) is 0 Å². The second-order valence-corrected chi connectivity index (χ2v) is 4.81. The molecule has 7 heteroatoms. The van der Waals surface area contributed by atoms with Gasteiger partial charge in [0.2, 0.25) is 0 Å². The van der Waals surface area contributed by atoms with Crippen molar-refractivity contribution in [3.8, 4) is 0 Å². The van der Waals surface area contributed by atoms with Crippen LogP contribution in [0.1, 0.15) is 17.6 Å². The summed E-state index contributed by atoms with van der Waals surface area (Å²) < 4.78 is 0. The van der Waals surface area contributed by atoms with Gasteiger partial charge in [0, 0.05) is 24.9 Å². The lowest BCUT2D eigenvalue weighted by Gasteiger charge is -2.18. The third-order valence-corrected chi connectivity index (χ3v) is 3.14. The lowest BCUT2D eigenvalue weighted by atomic mass is 10.3. The summed E-state index contributed by atoms with van der Waals surface area (Å²) in [6, 6.07) is -0.355. The van der Waals surface area contributed by atoms with Crippen molar-refractivity contribution in [2.75, 3.05) is 19.6 Å². The molecule has 0 aliphatic rings. The summed E-state index contributed by atoms with van der Waals surface area (Å²) in [5, 5.41) is 14.3. The number of carboxylic acids is 1. The molecule has 0 spiro atoms. The predicted molar refractivity (Wildman–Crippen MR) is 68.8 cm³/mol. The van der Waals surface area contributed by atoms with Gasteiger partial charge in [0.1, 0.15) is 6.54 Å². The van der Waals surface area contributed by atoms with Crippen molar-refractivity contribution < 1.29 is 14.7 Å². The maximum Gasteiger partial charge on any atom is 0.323 e. The van der Waals surface area contributed by atoms with Gasteiger partial charge >= 0.3 is 12.0 Å². The van der Waals surface area contributed by atoms with Gasteiger partial charge in [-0.3, -0.25) is 4.79 Å². The number of amides is 2. The number of hydrogen-bond donors (Lipinski definition) is 2. The Morgan fingerprint density at radius 2 is 2.28 bits per heavy atom. The summed E-state index contributed by atoms with van der Waals surface area (Å²) >= 11 is 1.57. The second-order valence-electron chi connectivity index (χ2n) is 3.75. The maximum atomic E-state index is 11.6. The number of aryl methyl sites for hydroxylation is 1. The fourth-order valence-corrected chi connectivity index (χ4v) is 2.07. The van der Waals surface area contributed by atoms with Crippen molar-refractivity contribution in [2.24, 2.45) is 0 Å². The molecular weight excluding hydrogens is 254 g/mol. The topological polar surface area (TPSA) is 82.5 Å². The van der Waals surface area contributed by atoms with Crippen molar-refractivity contribution in [3.63, 3.8) is 0 Å². The summed E-state index contributed by atoms with van der Waals surface area (Å²) in [4.78, 5) is 27.7. The zero-order valence-electron chi connectivity index (χ0n) is 10.5. The lowest BCUT2D eigenvalue weighted by Crippen LogP contribution is -2.43. The van der Waals surface area contributed by atoms with E-state index >= 15 is 0 Å². The SMILES string of the molecule is CCN(CC(=O)O)C(=O)NCCc1csc(C)n1. The number of carboxylic acid groups (broad SMARTS) is 1. The van der Waals surface area contributed by atoms with Crippen LogP contribution in [0.15, 0.2) is 5.38 Å². The lowest BCUT2D eigenvalue weighted by molar-refractivity contribution is -0.137. The number of carbonyl (C=O) groups excluding carboxylic acids is 1. The molecule has 2 N–H and O–H groups in total. The van der Waals surface area contributed by atoms with Crippen LogP contribution in [0.2, 0.25) is 0 Å². The first-order chi connectivity index (χ1) is 8.52. The average molecular weight is 271 g/mol. The first kappa shape index (κ1) is 14.4. The third kappa shape index (κ3) is 4.70. The molecule has 1 rings (SSSR count). The number of aliphatic carboxylic acids is 1. The number of thiazole rings is 1. The molecule has 0 atom stereocenters. The van der Waals surface area contributed by atoms with Crippen LogP contribution < -0.4 is 5.32 Å². The molecule has 1 aromatic heterocycles. The predicted octanol–water partition coefficient (Wildman–Crippen LogP) is 1.11. The zero-order valence-corrected chi connectivity index (χ0v) is 11.3. The van der Waals surface area contributed by atoms with Crippen LogP contribution in [-0.2, 0) is 11.2 Å². The quantitative estimate of drug-likeness (QED) is 0.812. The highest BCUT2D eigenvalue weighted by Gasteiger charge is 2.13. The van der Waals surface area contributed by atoms with Crippen LogP contribution >= 0.6 is 11.3 Å². The molecule has 0 aromatic carbocycles. The van der Waals surface area contributed by atoms with Crippen molar-refractivity contribution in [1.82, 2.24) is 15.2 Å². The number of rotatable bonds is 6. The van der Waals surface area contributed by atoms with Crippen LogP contribution in [0.4, 0.5) is 4.79 Å². The Hall–Kier alpha value is -1.63. The van der Waals surface area contributed by atoms with Gasteiger partial charge in [-0.15, -0.1) is 11.3 Å². The molecule has 2 amide bonds. The Bertz CT molecular complexity index is 419. The molecule has 0 saturated carbocycles. The molecule has 0 aliphatic heterocycles. The third-order valence-electron chi connectivity index (χ3n) is 2.32. The highest BCUT2D eigenvalue weighted by atomic mass is 32.1. The molecule has 0 radical (unpaired) electrons. The Morgan fingerprint density at radius 3 is 2.78 bits per heavy atom. The van der Waals surface area contributed by atoms with Crippen molar-refractivity contribution in [1.29, 1.82) is 0 Å². The molecule has 100 valence electrons. The minimum absolute atomic E-state index is 0.280. The number of nitrogens with zero attached hydrogens (tertiary/aromatic N) is 2. The summed E-state index contributed by atoms with van der Waals surface area (Å²) in [6.45, 7) is 4.22. The fourth-order valence-electron chi connectivity index (χ4n) is 1.42. The molecule has 6 nitrogen and oxygen atoms in total. The first-order valence-electron chi connectivity index (χ1n) is 5.68. The van der Waals surface area contributed by atoms with Gasteiger partial charge in [0.05, 0.1) is 10.7 Å². The zero-order chi connectivity index (χ0) is 13.5. The molecule has 0 bridgehead atoms. The van der Waals surface area contributed by atoms with E-state index in [-0.39, 0.29) is 12.6 Å². The standard InChI is InChI=1S/C11H17N3O3S/c1-3-14(6-10(15)16)11(17)12-5-4-9-7-18-8(2)13-9/h7H,3-6H2,1-2H3,(H,12,17)(H,15,16). The van der Waals surface area contributed by atoms with Crippen LogP contribution in [0.3, 0.4) is 0 Å². The summed E-state index contributed by atoms with van der Waals surface area (Å²) in [6.07, 6.45) is 0.653. The van der Waals surface area contributed by atoms with Gasteiger partial charge in [-0.05, 0) is 13.8 Å². The number of urea groups is 1. The molecule has 0 saturated heterocycles. The van der Waals surface area contributed by atoms with E-state index < -0.39 is 5.97 Å². The van der Waals surface area contributed by atoms with E-state index in [1.165, 1.54) is 4.90 Å². The first-order valence-corrected chi connectivity index (χ1v) is 6.56. The van der Waals surface area contributed by atoms with Crippen LogP contribution in [-0.4, -0.2) is 46.6 Å². The Balaban J connectivity index is 2.33. The van der Waals surface area contributed by atoms with E-state index in [4.69, 9.17) is 5.11 Å². The molecule has 0 aliphatic carbocycles. The average Bonchev–Trinajstić information content (AvgIpc) is 2.71. The van der Waals surface area contributed by atoms with Gasteiger partial charge in [-0.1, -0.05) is 0 Å². The summed E-state index contributed by atoms with van der Waals surface area (Å²) in [5.74, 6) is -1.01. The van der Waals surface area contributed by atoms with Crippen LogP contribution in [0.5, 0.6) is 0 Å². The van der Waals surface area contributed by atoms with E-state index in [1.54, 1.807) is 18.3 Å². The maximum absolute atomic E-state index is 11.6. The van der Waals surface area contributed by atoms with Crippen LogP contribution in [0.25, 0.3) is 0 Å². The molecule has 1 heterocycles. The molecular formula is C11H17N3O3S. The number of hydrogen-bond acceptors (Lipinski definition) is 4. The van der Waals surface area contributed by atoms with E-state index in [1.807, 2.05) is 12.3 Å². The molecule has 0 fully saturated rings. The second kappa shape index (κ2) is 6.95. The molecule has 0 unspecified atom stereocenters. The highest BCUT2D eigenvalue weighted by molar-refractivity contribution is 7.09. The monoisotopic (exact) mass is 271 g/mol. The van der Waals surface area contributed by atoms with Crippen molar-refractivity contribution in [3.05, 3.63) is 16.1 Å². The number of aromatic nitrogens is 1. The van der Waals surface area contributed by atoms with Gasteiger partial charge in [-0.2, -0.15) is 0 Å². The largest absolute Gasteiger partial charge is 0.480 e. The van der Waals surface area contributed by atoms with E-state index in [0.29, 0.717) is 19.5 Å². The highest BCUT2D eigenvalue weighted by Crippen LogP contribution is 2.07. The van der Waals surface area contributed by atoms with Gasteiger partial charge in [-0.25, -0.2) is 9.78 Å². The molecule has 1 aromatic rings. The van der Waals surface area contributed by atoms with Gasteiger partial charge in [0.25, 0.3) is 0 Å². The fraction of sp³-hybridized carbons (Fsp3) is 0.545. The summed E-state index contributed by atoms with van der Waals surface area (Å²) in [7, 11) is 0. The number of likely N-dealkylation sites (N-methyl/N-ethyl adjacent to an activating group) is 1. The Kier molecular flexibility index (Phi) is 5.57. The number of carbonyl (C=O) groups is 2. The molecule has 18 heavy (non-hydrogen) atoms. The van der Waals surface area contributed by atoms with Crippen molar-refractivity contribution in [2.45, 2.75) is 20.3 Å². The minimum Gasteiger partial charge on any atom is -0.480 e. The van der Waals surface area contributed by atoms with Gasteiger partial charge < -0.3 is 15.3 Å². The smallest absolute Gasteiger partial charge is 0.323 e. The van der Waals surface area contributed by atoms with Crippen LogP contribution in [0, 0.1) is 6.92 Å². The summed E-state index contributed by atoms with van der Waals surface area (Å²) in [5.41, 5.74) is 0.944. The van der Waals surface area contributed by atoms with E-state index in [9.17, 15) is 9.59 Å². The van der Waals surface area contributed by atoms with E-state index in [0.717, 1.165) is 10.7 Å². The number of nitrogens with one attached hydrogen (secondary N) is 1. The Morgan fingerprint density at radius 1 is 1.56 bits per heavy atom. The minimum atomic E-state index is -1.01. The van der Waals surface area contributed by atoms with Crippen molar-refractivity contribution >= 4 is 23.3 Å². The van der Waals surface area contributed by atoms with E-state index in [2.05, 4.69) is 10.3 Å².